The number of benzene rings is 1. The summed E-state index contributed by atoms with van der Waals surface area (Å²) in [5, 5.41) is 12.5. The van der Waals surface area contributed by atoms with E-state index in [4.69, 9.17) is 14.7 Å². The minimum absolute atomic E-state index is 0.150. The van der Waals surface area contributed by atoms with Crippen molar-refractivity contribution in [1.29, 1.82) is 0 Å². The normalized spacial score (nSPS) is 25.1. The van der Waals surface area contributed by atoms with Crippen molar-refractivity contribution in [2.75, 3.05) is 13.2 Å². The van der Waals surface area contributed by atoms with Gasteiger partial charge < -0.3 is 14.7 Å². The van der Waals surface area contributed by atoms with Crippen LogP contribution >= 0.6 is 0 Å². The first-order chi connectivity index (χ1) is 9.38. The first-order valence-corrected chi connectivity index (χ1v) is 6.96. The van der Waals surface area contributed by atoms with Gasteiger partial charge in [0.2, 0.25) is 0 Å². The Kier molecular flexibility index (Phi) is 3.69. The highest BCUT2D eigenvalue weighted by molar-refractivity contribution is 6.02. The van der Waals surface area contributed by atoms with Crippen LogP contribution in [-0.4, -0.2) is 30.2 Å². The van der Waals surface area contributed by atoms with Crippen LogP contribution in [0.4, 0.5) is 0 Å². The molecule has 4 heteroatoms. The maximum Gasteiger partial charge on any atom is 0.123 e. The van der Waals surface area contributed by atoms with E-state index in [1.807, 2.05) is 18.2 Å². The average Bonchev–Trinajstić information content (AvgIpc) is 2.48. The molecule has 2 aliphatic rings. The van der Waals surface area contributed by atoms with Gasteiger partial charge in [-0.25, -0.2) is 0 Å². The van der Waals surface area contributed by atoms with Gasteiger partial charge in [-0.3, -0.25) is 0 Å². The summed E-state index contributed by atoms with van der Waals surface area (Å²) in [5.41, 5.74) is 2.97. The predicted molar refractivity (Wildman–Crippen MR) is 72.2 cm³/mol. The fraction of sp³-hybridized carbons (Fsp3) is 0.533. The molecule has 1 aliphatic heterocycles. The summed E-state index contributed by atoms with van der Waals surface area (Å²) in [6.07, 6.45) is 5.08. The van der Waals surface area contributed by atoms with Gasteiger partial charge in [0.05, 0.1) is 12.3 Å². The fourth-order valence-corrected chi connectivity index (χ4v) is 2.86. The van der Waals surface area contributed by atoms with E-state index in [2.05, 4.69) is 5.16 Å². The fourth-order valence-electron chi connectivity index (χ4n) is 2.86. The van der Waals surface area contributed by atoms with Crippen LogP contribution in [0.1, 0.15) is 36.8 Å². The molecule has 1 N–H and O–H groups in total. The van der Waals surface area contributed by atoms with Gasteiger partial charge in [0.25, 0.3) is 0 Å². The van der Waals surface area contributed by atoms with E-state index in [1.54, 1.807) is 0 Å². The molecule has 1 heterocycles. The molecule has 1 aliphatic carbocycles. The van der Waals surface area contributed by atoms with Crippen LogP contribution in [0.5, 0.6) is 5.75 Å². The van der Waals surface area contributed by atoms with Crippen LogP contribution in [0, 0.1) is 0 Å². The zero-order chi connectivity index (χ0) is 13.1. The van der Waals surface area contributed by atoms with E-state index in [-0.39, 0.29) is 6.10 Å². The van der Waals surface area contributed by atoms with Gasteiger partial charge in [0.1, 0.15) is 11.9 Å². The summed E-state index contributed by atoms with van der Waals surface area (Å²) in [5.74, 6) is 0.925. The quantitative estimate of drug-likeness (QED) is 0.658. The van der Waals surface area contributed by atoms with E-state index in [1.165, 1.54) is 5.56 Å². The molecule has 19 heavy (non-hydrogen) atoms. The SMILES string of the molecule is O/N=C1/CCCc2c(OC3CCCOC3)cccc21. The molecule has 3 rings (SSSR count). The zero-order valence-corrected chi connectivity index (χ0v) is 11.0. The Bertz CT molecular complexity index is 478. The molecule has 1 fully saturated rings. The number of ether oxygens (including phenoxy) is 2. The molecule has 1 unspecified atom stereocenters. The molecule has 102 valence electrons. The molecule has 0 spiro atoms. The Morgan fingerprint density at radius 1 is 1.26 bits per heavy atom. The zero-order valence-electron chi connectivity index (χ0n) is 11.0. The summed E-state index contributed by atoms with van der Waals surface area (Å²) in [6.45, 7) is 1.51. The molecule has 1 aromatic carbocycles. The Morgan fingerprint density at radius 2 is 2.21 bits per heavy atom. The molecule has 1 atom stereocenters. The third-order valence-electron chi connectivity index (χ3n) is 3.82. The second kappa shape index (κ2) is 5.61. The van der Waals surface area contributed by atoms with Crippen molar-refractivity contribution in [3.63, 3.8) is 0 Å². The summed E-state index contributed by atoms with van der Waals surface area (Å²) in [7, 11) is 0. The maximum absolute atomic E-state index is 9.08. The van der Waals surface area contributed by atoms with Crippen LogP contribution in [-0.2, 0) is 11.2 Å². The summed E-state index contributed by atoms with van der Waals surface area (Å²) < 4.78 is 11.5. The van der Waals surface area contributed by atoms with E-state index in [0.29, 0.717) is 6.61 Å². The van der Waals surface area contributed by atoms with Crippen molar-refractivity contribution < 1.29 is 14.7 Å². The molecule has 1 saturated heterocycles. The van der Waals surface area contributed by atoms with Crippen molar-refractivity contribution in [3.05, 3.63) is 29.3 Å². The van der Waals surface area contributed by atoms with E-state index < -0.39 is 0 Å². The van der Waals surface area contributed by atoms with E-state index >= 15 is 0 Å². The second-order valence-electron chi connectivity index (χ2n) is 5.14. The van der Waals surface area contributed by atoms with Crippen LogP contribution in [0.25, 0.3) is 0 Å². The second-order valence-corrected chi connectivity index (χ2v) is 5.14. The molecular formula is C15H19NO3. The lowest BCUT2D eigenvalue weighted by atomic mass is 9.89. The number of hydrogen-bond acceptors (Lipinski definition) is 4. The van der Waals surface area contributed by atoms with Gasteiger partial charge >= 0.3 is 0 Å². The number of rotatable bonds is 2. The van der Waals surface area contributed by atoms with Crippen LogP contribution in [0.3, 0.4) is 0 Å². The predicted octanol–water partition coefficient (Wildman–Crippen LogP) is 2.76. The molecule has 0 bridgehead atoms. The Hall–Kier alpha value is -1.55. The Labute approximate surface area is 113 Å². The highest BCUT2D eigenvalue weighted by Crippen LogP contribution is 2.31. The van der Waals surface area contributed by atoms with Crippen molar-refractivity contribution in [3.8, 4) is 5.75 Å². The standard InChI is InChI=1S/C15H19NO3/c17-16-14-7-1-6-13-12(14)5-2-8-15(13)19-11-4-3-9-18-10-11/h2,5,8,11,17H,1,3-4,6-7,9-10H2/b16-14-. The number of nitrogens with zero attached hydrogens (tertiary/aromatic N) is 1. The summed E-state index contributed by atoms with van der Waals surface area (Å²) in [4.78, 5) is 0. The van der Waals surface area contributed by atoms with Crippen molar-refractivity contribution in [2.24, 2.45) is 5.16 Å². The van der Waals surface area contributed by atoms with Crippen LogP contribution < -0.4 is 4.74 Å². The van der Waals surface area contributed by atoms with Crippen LogP contribution in [0.2, 0.25) is 0 Å². The van der Waals surface area contributed by atoms with Gasteiger partial charge in [-0.15, -0.1) is 0 Å². The third kappa shape index (κ3) is 2.59. The molecule has 0 aromatic heterocycles. The first kappa shape index (κ1) is 12.5. The molecule has 0 radical (unpaired) electrons. The molecule has 0 saturated carbocycles. The van der Waals surface area contributed by atoms with E-state index in [0.717, 1.165) is 55.7 Å². The monoisotopic (exact) mass is 261 g/mol. The van der Waals surface area contributed by atoms with Crippen LogP contribution in [0.15, 0.2) is 23.4 Å². The molecular weight excluding hydrogens is 242 g/mol. The lowest BCUT2D eigenvalue weighted by Gasteiger charge is -2.26. The van der Waals surface area contributed by atoms with Gasteiger partial charge in [-0.2, -0.15) is 0 Å². The lowest BCUT2D eigenvalue weighted by molar-refractivity contribution is 0.00701. The minimum Gasteiger partial charge on any atom is -0.488 e. The van der Waals surface area contributed by atoms with Crippen molar-refractivity contribution in [2.45, 2.75) is 38.2 Å². The maximum atomic E-state index is 9.08. The smallest absolute Gasteiger partial charge is 0.123 e. The number of oxime groups is 1. The molecule has 1 aromatic rings. The van der Waals surface area contributed by atoms with Gasteiger partial charge in [0, 0.05) is 17.7 Å². The van der Waals surface area contributed by atoms with E-state index in [9.17, 15) is 0 Å². The van der Waals surface area contributed by atoms with Gasteiger partial charge in [0.15, 0.2) is 0 Å². The number of fused-ring (bicyclic) bond motifs is 1. The number of hydrogen-bond donors (Lipinski definition) is 1. The third-order valence-corrected chi connectivity index (χ3v) is 3.82. The minimum atomic E-state index is 0.150. The van der Waals surface area contributed by atoms with Crippen molar-refractivity contribution >= 4 is 5.71 Å². The highest BCUT2D eigenvalue weighted by Gasteiger charge is 2.22. The first-order valence-electron chi connectivity index (χ1n) is 6.96. The summed E-state index contributed by atoms with van der Waals surface area (Å²) in [6, 6.07) is 5.98. The molecule has 4 nitrogen and oxygen atoms in total. The Morgan fingerprint density at radius 3 is 3.00 bits per heavy atom. The average molecular weight is 261 g/mol. The summed E-state index contributed by atoms with van der Waals surface area (Å²) >= 11 is 0. The highest BCUT2D eigenvalue weighted by atomic mass is 16.5. The topological polar surface area (TPSA) is 51.1 Å². The lowest BCUT2D eigenvalue weighted by Crippen LogP contribution is -2.28. The van der Waals surface area contributed by atoms with Crippen molar-refractivity contribution in [1.82, 2.24) is 0 Å². The largest absolute Gasteiger partial charge is 0.488 e. The van der Waals surface area contributed by atoms with Gasteiger partial charge in [-0.1, -0.05) is 17.3 Å². The Balaban J connectivity index is 1.85. The molecule has 0 amide bonds. The van der Waals surface area contributed by atoms with Gasteiger partial charge in [-0.05, 0) is 38.2 Å².